The summed E-state index contributed by atoms with van der Waals surface area (Å²) in [7, 11) is 0. The number of nitrogens with zero attached hydrogens (tertiary/aromatic N) is 1. The predicted octanol–water partition coefficient (Wildman–Crippen LogP) is 4.15. The molecule has 1 heterocycles. The van der Waals surface area contributed by atoms with Gasteiger partial charge in [-0.25, -0.2) is 9.36 Å². The highest BCUT2D eigenvalue weighted by atomic mass is 16.5. The molecule has 23 heavy (non-hydrogen) atoms. The summed E-state index contributed by atoms with van der Waals surface area (Å²) in [5, 5.41) is 0. The molecule has 120 valence electrons. The Labute approximate surface area is 137 Å². The molecule has 0 unspecified atom stereocenters. The van der Waals surface area contributed by atoms with Crippen LogP contribution < -0.4 is 4.57 Å². The zero-order chi connectivity index (χ0) is 16.1. The second kappa shape index (κ2) is 7.40. The van der Waals surface area contributed by atoms with Crippen LogP contribution in [0.3, 0.4) is 0 Å². The number of hydrogen-bond acceptors (Lipinski definition) is 2. The topological polar surface area (TPSA) is 30.2 Å². The van der Waals surface area contributed by atoms with E-state index in [0.717, 1.165) is 43.4 Å². The summed E-state index contributed by atoms with van der Waals surface area (Å²) in [5.41, 5.74) is 2.65. The van der Waals surface area contributed by atoms with E-state index in [4.69, 9.17) is 4.74 Å². The molecule has 1 aliphatic carbocycles. The average molecular weight is 310 g/mol. The molecule has 1 fully saturated rings. The summed E-state index contributed by atoms with van der Waals surface area (Å²) in [4.78, 5) is 12.7. The molecule has 3 nitrogen and oxygen atoms in total. The first-order valence-corrected chi connectivity index (χ1v) is 8.57. The van der Waals surface area contributed by atoms with E-state index >= 15 is 0 Å². The number of aromatic nitrogens is 1. The van der Waals surface area contributed by atoms with Crippen LogP contribution >= 0.6 is 0 Å². The average Bonchev–Trinajstić information content (AvgIpc) is 2.62. The zero-order valence-corrected chi connectivity index (χ0v) is 13.7. The Morgan fingerprint density at radius 2 is 1.87 bits per heavy atom. The van der Waals surface area contributed by atoms with Gasteiger partial charge in [-0.3, -0.25) is 0 Å². The molecule has 0 saturated heterocycles. The van der Waals surface area contributed by atoms with Gasteiger partial charge in [0, 0.05) is 11.6 Å². The third kappa shape index (κ3) is 3.79. The number of rotatable bonds is 4. The van der Waals surface area contributed by atoms with Crippen molar-refractivity contribution in [2.75, 3.05) is 0 Å². The van der Waals surface area contributed by atoms with Crippen LogP contribution in [0.1, 0.15) is 49.4 Å². The summed E-state index contributed by atoms with van der Waals surface area (Å²) in [6.07, 6.45) is 9.56. The van der Waals surface area contributed by atoms with Crippen LogP contribution in [0, 0.1) is 0 Å². The lowest BCUT2D eigenvalue weighted by atomic mass is 9.97. The van der Waals surface area contributed by atoms with Gasteiger partial charge in [0.25, 0.3) is 0 Å². The Morgan fingerprint density at radius 1 is 1.13 bits per heavy atom. The van der Waals surface area contributed by atoms with Gasteiger partial charge in [-0.2, -0.15) is 0 Å². The molecular formula is C20H24NO2+. The minimum absolute atomic E-state index is 0.0788. The van der Waals surface area contributed by atoms with Crippen LogP contribution in [0.4, 0.5) is 0 Å². The van der Waals surface area contributed by atoms with Crippen molar-refractivity contribution in [3.05, 3.63) is 54.4 Å². The molecule has 0 N–H and O–H groups in total. The van der Waals surface area contributed by atoms with Gasteiger partial charge in [-0.05, 0) is 38.2 Å². The lowest BCUT2D eigenvalue weighted by Crippen LogP contribution is -2.33. The fourth-order valence-corrected chi connectivity index (χ4v) is 3.17. The maximum absolute atomic E-state index is 12.7. The van der Waals surface area contributed by atoms with Gasteiger partial charge in [0.05, 0.1) is 0 Å². The molecule has 0 bridgehead atoms. The summed E-state index contributed by atoms with van der Waals surface area (Å²) >= 11 is 0. The highest BCUT2D eigenvalue weighted by Gasteiger charge is 2.23. The SMILES string of the molecule is CC[n+]1ccc(-c2ccccc2)c(C(=O)OC2CCCCC2)c1. The van der Waals surface area contributed by atoms with Crippen molar-refractivity contribution in [3.8, 4) is 11.1 Å². The second-order valence-corrected chi connectivity index (χ2v) is 6.13. The number of aryl methyl sites for hydroxylation is 1. The van der Waals surface area contributed by atoms with E-state index in [2.05, 4.69) is 6.92 Å². The van der Waals surface area contributed by atoms with Gasteiger partial charge in [0.2, 0.25) is 0 Å². The van der Waals surface area contributed by atoms with Crippen LogP contribution in [0.5, 0.6) is 0 Å². The van der Waals surface area contributed by atoms with Crippen LogP contribution in [0.2, 0.25) is 0 Å². The van der Waals surface area contributed by atoms with Gasteiger partial charge in [-0.1, -0.05) is 36.8 Å². The number of carbonyl (C=O) groups is 1. The van der Waals surface area contributed by atoms with Crippen molar-refractivity contribution in [2.24, 2.45) is 0 Å². The molecule has 0 aliphatic heterocycles. The lowest BCUT2D eigenvalue weighted by Gasteiger charge is -2.22. The van der Waals surface area contributed by atoms with E-state index in [0.29, 0.717) is 5.56 Å². The van der Waals surface area contributed by atoms with E-state index in [1.165, 1.54) is 6.42 Å². The highest BCUT2D eigenvalue weighted by Crippen LogP contribution is 2.26. The Kier molecular flexibility index (Phi) is 5.06. The number of ether oxygens (including phenoxy) is 1. The molecule has 1 aromatic carbocycles. The highest BCUT2D eigenvalue weighted by molar-refractivity contribution is 5.96. The molecule has 3 heteroatoms. The Balaban J connectivity index is 1.90. The molecule has 0 amide bonds. The predicted molar refractivity (Wildman–Crippen MR) is 90.0 cm³/mol. The van der Waals surface area contributed by atoms with Crippen molar-refractivity contribution in [1.82, 2.24) is 0 Å². The van der Waals surface area contributed by atoms with Crippen LogP contribution in [-0.2, 0) is 11.3 Å². The summed E-state index contributed by atoms with van der Waals surface area (Å²) < 4.78 is 7.80. The van der Waals surface area contributed by atoms with E-state index in [1.807, 2.05) is 53.4 Å². The minimum Gasteiger partial charge on any atom is -0.459 e. The van der Waals surface area contributed by atoms with Crippen molar-refractivity contribution in [2.45, 2.75) is 51.7 Å². The van der Waals surface area contributed by atoms with Crippen molar-refractivity contribution in [3.63, 3.8) is 0 Å². The first kappa shape index (κ1) is 15.7. The molecule has 1 aliphatic rings. The summed E-state index contributed by atoms with van der Waals surface area (Å²) in [5.74, 6) is -0.196. The maximum atomic E-state index is 12.7. The molecule has 1 aromatic heterocycles. The Morgan fingerprint density at radius 3 is 2.57 bits per heavy atom. The molecule has 0 atom stereocenters. The molecule has 2 aromatic rings. The number of hydrogen-bond donors (Lipinski definition) is 0. The molecule has 3 rings (SSSR count). The number of carbonyl (C=O) groups excluding carboxylic acids is 1. The largest absolute Gasteiger partial charge is 0.459 e. The van der Waals surface area contributed by atoms with Crippen molar-refractivity contribution < 1.29 is 14.1 Å². The van der Waals surface area contributed by atoms with Gasteiger partial charge >= 0.3 is 5.97 Å². The first-order valence-electron chi connectivity index (χ1n) is 8.57. The number of pyridine rings is 1. The lowest BCUT2D eigenvalue weighted by molar-refractivity contribution is -0.693. The van der Waals surface area contributed by atoms with E-state index < -0.39 is 0 Å². The molecule has 0 spiro atoms. The van der Waals surface area contributed by atoms with Gasteiger partial charge in [0.1, 0.15) is 18.2 Å². The second-order valence-electron chi connectivity index (χ2n) is 6.13. The molecule has 1 saturated carbocycles. The van der Waals surface area contributed by atoms with Gasteiger partial charge in [0.15, 0.2) is 12.4 Å². The summed E-state index contributed by atoms with van der Waals surface area (Å²) in [6.45, 7) is 2.90. The van der Waals surface area contributed by atoms with Crippen LogP contribution in [0.15, 0.2) is 48.8 Å². The molecule has 0 radical (unpaired) electrons. The van der Waals surface area contributed by atoms with Crippen LogP contribution in [-0.4, -0.2) is 12.1 Å². The van der Waals surface area contributed by atoms with Crippen molar-refractivity contribution >= 4 is 5.97 Å². The quantitative estimate of drug-likeness (QED) is 0.627. The third-order valence-electron chi connectivity index (χ3n) is 4.51. The number of benzene rings is 1. The fraction of sp³-hybridized carbons (Fsp3) is 0.400. The number of esters is 1. The minimum atomic E-state index is -0.196. The van der Waals surface area contributed by atoms with Gasteiger partial charge < -0.3 is 4.74 Å². The normalized spacial score (nSPS) is 15.3. The standard InChI is InChI=1S/C20H24NO2/c1-2-21-14-13-18(16-9-5-3-6-10-16)19(15-21)20(22)23-17-11-7-4-8-12-17/h3,5-6,9-10,13-15,17H,2,4,7-8,11-12H2,1H3/q+1. The Hall–Kier alpha value is -2.16. The van der Waals surface area contributed by atoms with E-state index in [9.17, 15) is 4.79 Å². The smallest absolute Gasteiger partial charge is 0.345 e. The zero-order valence-electron chi connectivity index (χ0n) is 13.7. The fourth-order valence-electron chi connectivity index (χ4n) is 3.17. The monoisotopic (exact) mass is 310 g/mol. The van der Waals surface area contributed by atoms with Crippen molar-refractivity contribution in [1.29, 1.82) is 0 Å². The maximum Gasteiger partial charge on any atom is 0.345 e. The van der Waals surface area contributed by atoms with E-state index in [1.54, 1.807) is 0 Å². The first-order chi connectivity index (χ1) is 11.3. The van der Waals surface area contributed by atoms with Crippen LogP contribution in [0.25, 0.3) is 11.1 Å². The Bertz CT molecular complexity index is 661. The summed E-state index contributed by atoms with van der Waals surface area (Å²) in [6, 6.07) is 12.0. The molecular weight excluding hydrogens is 286 g/mol. The van der Waals surface area contributed by atoms with E-state index in [-0.39, 0.29) is 12.1 Å². The third-order valence-corrected chi connectivity index (χ3v) is 4.51. The van der Waals surface area contributed by atoms with Gasteiger partial charge in [-0.15, -0.1) is 0 Å².